The van der Waals surface area contributed by atoms with Gasteiger partial charge in [0.1, 0.15) is 5.65 Å². The molecule has 3 heterocycles. The Kier molecular flexibility index (Phi) is 5.06. The van der Waals surface area contributed by atoms with Crippen LogP contribution >= 0.6 is 0 Å². The van der Waals surface area contributed by atoms with Gasteiger partial charge in [-0.1, -0.05) is 0 Å². The molecule has 1 fully saturated rings. The zero-order valence-corrected chi connectivity index (χ0v) is 17.6. The fourth-order valence-corrected chi connectivity index (χ4v) is 5.16. The van der Waals surface area contributed by atoms with E-state index in [0.717, 1.165) is 65.7 Å². The summed E-state index contributed by atoms with van der Waals surface area (Å²) in [5, 5.41) is 10.9. The van der Waals surface area contributed by atoms with Crippen LogP contribution in [0.15, 0.2) is 24.5 Å². The summed E-state index contributed by atoms with van der Waals surface area (Å²) in [5.74, 6) is 0.906. The Morgan fingerprint density at radius 1 is 1.16 bits per heavy atom. The van der Waals surface area contributed by atoms with E-state index in [0.29, 0.717) is 17.9 Å². The number of ketones is 1. The number of rotatable bonds is 2. The number of pyridine rings is 1. The van der Waals surface area contributed by atoms with Crippen molar-refractivity contribution in [1.29, 1.82) is 0 Å². The van der Waals surface area contributed by atoms with Crippen LogP contribution in [0.3, 0.4) is 0 Å². The van der Waals surface area contributed by atoms with E-state index >= 15 is 0 Å². The summed E-state index contributed by atoms with van der Waals surface area (Å²) in [5.41, 5.74) is 10.9. The summed E-state index contributed by atoms with van der Waals surface area (Å²) < 4.78 is 0. The van der Waals surface area contributed by atoms with E-state index in [4.69, 9.17) is 5.73 Å². The fourth-order valence-electron chi connectivity index (χ4n) is 5.16. The molecule has 3 aromatic rings. The van der Waals surface area contributed by atoms with Gasteiger partial charge >= 0.3 is 0 Å². The van der Waals surface area contributed by atoms with Crippen molar-refractivity contribution in [3.63, 3.8) is 0 Å². The topological polar surface area (TPSA) is 118 Å². The van der Waals surface area contributed by atoms with Crippen molar-refractivity contribution in [1.82, 2.24) is 19.9 Å². The molecule has 1 saturated carbocycles. The molecule has 0 amide bonds. The van der Waals surface area contributed by atoms with Crippen molar-refractivity contribution in [3.8, 4) is 0 Å². The number of aliphatic hydroxyl groups is 1. The lowest BCUT2D eigenvalue weighted by molar-refractivity contribution is -0.114. The number of nitrogens with one attached hydrogen (secondary N) is 1. The second kappa shape index (κ2) is 7.89. The summed E-state index contributed by atoms with van der Waals surface area (Å²) in [4.78, 5) is 29.9. The van der Waals surface area contributed by atoms with Crippen LogP contribution in [-0.2, 0) is 4.79 Å². The standard InChI is InChI=1S/C24H27N5O2/c1-13-19-11-20(16-10-15-8-9-26-23(15)27-12-16)21(31)7-6-18(22(19)29-24(25)28-13)14-2-4-17(30)5-3-14/h8-12,14,17-18,30H,2-7H2,1H3,(H,26,27)(H2,25,28,29)/b20-11-. The molecule has 2 aliphatic carbocycles. The minimum absolute atomic E-state index is 0.111. The molecular weight excluding hydrogens is 390 g/mol. The quantitative estimate of drug-likeness (QED) is 0.584. The number of H-pyrrole nitrogens is 1. The molecule has 31 heavy (non-hydrogen) atoms. The number of carbonyl (C=O) groups is 1. The zero-order chi connectivity index (χ0) is 21.5. The summed E-state index contributed by atoms with van der Waals surface area (Å²) >= 11 is 0. The molecule has 160 valence electrons. The molecule has 0 radical (unpaired) electrons. The monoisotopic (exact) mass is 417 g/mol. The lowest BCUT2D eigenvalue weighted by atomic mass is 9.73. The van der Waals surface area contributed by atoms with Crippen molar-refractivity contribution >= 4 is 34.4 Å². The number of aromatic nitrogens is 4. The molecule has 5 rings (SSSR count). The van der Waals surface area contributed by atoms with Gasteiger partial charge in [-0.2, -0.15) is 0 Å². The predicted octanol–water partition coefficient (Wildman–Crippen LogP) is 3.78. The number of hydrogen-bond donors (Lipinski definition) is 3. The molecular formula is C24H27N5O2. The first-order chi connectivity index (χ1) is 15.0. The van der Waals surface area contributed by atoms with Crippen LogP contribution in [0.25, 0.3) is 22.7 Å². The third-order valence-electron chi connectivity index (χ3n) is 6.83. The number of allylic oxidation sites excluding steroid dienone is 1. The molecule has 0 aliphatic heterocycles. The van der Waals surface area contributed by atoms with Crippen LogP contribution in [-0.4, -0.2) is 36.9 Å². The van der Waals surface area contributed by atoms with E-state index in [2.05, 4.69) is 19.9 Å². The first-order valence-electron chi connectivity index (χ1n) is 11.0. The van der Waals surface area contributed by atoms with Crippen LogP contribution < -0.4 is 5.73 Å². The van der Waals surface area contributed by atoms with Crippen LogP contribution in [0.2, 0.25) is 0 Å². The van der Waals surface area contributed by atoms with Gasteiger partial charge in [0.15, 0.2) is 5.78 Å². The van der Waals surface area contributed by atoms with Crippen LogP contribution in [0.4, 0.5) is 5.95 Å². The van der Waals surface area contributed by atoms with Crippen molar-refractivity contribution in [2.45, 2.75) is 57.5 Å². The van der Waals surface area contributed by atoms with Crippen molar-refractivity contribution < 1.29 is 9.90 Å². The van der Waals surface area contributed by atoms with E-state index in [9.17, 15) is 9.90 Å². The number of nitrogens with zero attached hydrogens (tertiary/aromatic N) is 3. The average Bonchev–Trinajstić information content (AvgIpc) is 3.21. The van der Waals surface area contributed by atoms with Crippen molar-refractivity contribution in [2.24, 2.45) is 5.92 Å². The summed E-state index contributed by atoms with van der Waals surface area (Å²) in [6.45, 7) is 1.92. The highest BCUT2D eigenvalue weighted by molar-refractivity contribution is 6.25. The maximum atomic E-state index is 13.3. The van der Waals surface area contributed by atoms with E-state index in [1.54, 1.807) is 6.20 Å². The van der Waals surface area contributed by atoms with Gasteiger partial charge < -0.3 is 15.8 Å². The summed E-state index contributed by atoms with van der Waals surface area (Å²) in [6, 6.07) is 3.95. The second-order valence-electron chi connectivity index (χ2n) is 8.80. The van der Waals surface area contributed by atoms with Crippen molar-refractivity contribution in [3.05, 3.63) is 47.0 Å². The minimum atomic E-state index is -0.217. The number of aryl methyl sites for hydroxylation is 1. The van der Waals surface area contributed by atoms with Crippen molar-refractivity contribution in [2.75, 3.05) is 5.73 Å². The molecule has 3 aromatic heterocycles. The van der Waals surface area contributed by atoms with E-state index in [1.165, 1.54) is 0 Å². The maximum absolute atomic E-state index is 13.3. The molecule has 7 nitrogen and oxygen atoms in total. The number of anilines is 1. The molecule has 2 aliphatic rings. The van der Waals surface area contributed by atoms with Gasteiger partial charge in [-0.25, -0.2) is 15.0 Å². The normalized spacial score (nSPS) is 26.1. The molecule has 7 heteroatoms. The highest BCUT2D eigenvalue weighted by Crippen LogP contribution is 2.42. The van der Waals surface area contributed by atoms with E-state index in [1.807, 2.05) is 31.3 Å². The zero-order valence-electron chi connectivity index (χ0n) is 17.6. The number of aliphatic hydroxyl groups excluding tert-OH is 1. The van der Waals surface area contributed by atoms with Gasteiger partial charge in [0, 0.05) is 46.8 Å². The van der Waals surface area contributed by atoms with Crippen LogP contribution in [0.1, 0.15) is 67.0 Å². The van der Waals surface area contributed by atoms with Crippen LogP contribution in [0, 0.1) is 12.8 Å². The number of fused-ring (bicyclic) bond motifs is 2. The Morgan fingerprint density at radius 3 is 2.77 bits per heavy atom. The number of nitrogens with two attached hydrogens (primary N) is 1. The average molecular weight is 418 g/mol. The maximum Gasteiger partial charge on any atom is 0.220 e. The smallest absolute Gasteiger partial charge is 0.220 e. The molecule has 0 aromatic carbocycles. The number of nitrogen functional groups attached to an aromatic ring is 1. The summed E-state index contributed by atoms with van der Waals surface area (Å²) in [7, 11) is 0. The first-order valence-corrected chi connectivity index (χ1v) is 11.0. The lowest BCUT2D eigenvalue weighted by Gasteiger charge is -2.33. The number of aromatic amines is 1. The Balaban J connectivity index is 1.63. The Bertz CT molecular complexity index is 1170. The highest BCUT2D eigenvalue weighted by atomic mass is 16.3. The second-order valence-corrected chi connectivity index (χ2v) is 8.80. The van der Waals surface area contributed by atoms with Gasteiger partial charge in [-0.3, -0.25) is 4.79 Å². The first kappa shape index (κ1) is 19.9. The van der Waals surface area contributed by atoms with E-state index in [-0.39, 0.29) is 23.8 Å². The van der Waals surface area contributed by atoms with Gasteiger partial charge in [0.25, 0.3) is 0 Å². The Hall–Kier alpha value is -3.06. The van der Waals surface area contributed by atoms with Gasteiger partial charge in [-0.05, 0) is 63.2 Å². The van der Waals surface area contributed by atoms with Gasteiger partial charge in [-0.15, -0.1) is 0 Å². The van der Waals surface area contributed by atoms with Gasteiger partial charge in [0.05, 0.1) is 17.5 Å². The molecule has 1 unspecified atom stereocenters. The largest absolute Gasteiger partial charge is 0.393 e. The van der Waals surface area contributed by atoms with Crippen LogP contribution in [0.5, 0.6) is 0 Å². The predicted molar refractivity (Wildman–Crippen MR) is 120 cm³/mol. The highest BCUT2D eigenvalue weighted by Gasteiger charge is 2.33. The minimum Gasteiger partial charge on any atom is -0.393 e. The molecule has 0 saturated heterocycles. The molecule has 0 bridgehead atoms. The third-order valence-corrected chi connectivity index (χ3v) is 6.83. The fraction of sp³-hybridized carbons (Fsp3) is 0.417. The summed E-state index contributed by atoms with van der Waals surface area (Å²) in [6.07, 6.45) is 9.95. The molecule has 4 N–H and O–H groups in total. The van der Waals surface area contributed by atoms with E-state index < -0.39 is 0 Å². The lowest BCUT2D eigenvalue weighted by Crippen LogP contribution is -2.26. The van der Waals surface area contributed by atoms with Gasteiger partial charge in [0.2, 0.25) is 5.95 Å². The SMILES string of the molecule is Cc1nc(N)nc2c1/C=C(/c1cnc3[nH]ccc3c1)C(=O)CCC2C1CCC(O)CC1. The number of Topliss-reactive ketones (excluding diaryl/α,β-unsaturated/α-hetero) is 1. The molecule has 1 atom stereocenters. The molecule has 0 spiro atoms. The third kappa shape index (κ3) is 3.74. The Labute approximate surface area is 180 Å². The number of carbonyl (C=O) groups excluding carboxylic acids is 1. The Morgan fingerprint density at radius 2 is 1.97 bits per heavy atom. The number of hydrogen-bond acceptors (Lipinski definition) is 6.